The first-order chi connectivity index (χ1) is 21.4. The van der Waals surface area contributed by atoms with Gasteiger partial charge in [0.25, 0.3) is 0 Å². The Morgan fingerprint density at radius 3 is 2.29 bits per heavy atom. The molecule has 2 rings (SSSR count). The summed E-state index contributed by atoms with van der Waals surface area (Å²) < 4.78 is 0. The number of carbonyl (C=O) groups excluding carboxylic acids is 5. The molecule has 0 spiro atoms. The van der Waals surface area contributed by atoms with Gasteiger partial charge in [0.15, 0.2) is 5.96 Å². The van der Waals surface area contributed by atoms with Gasteiger partial charge in [0.2, 0.25) is 29.5 Å². The maximum Gasteiger partial charge on any atom is 0.303 e. The number of guanidine groups is 1. The number of carboxylic acid groups (broad SMARTS) is 1. The van der Waals surface area contributed by atoms with E-state index in [-0.39, 0.29) is 44.6 Å². The lowest BCUT2D eigenvalue weighted by Crippen LogP contribution is -2.59. The fourth-order valence-corrected chi connectivity index (χ4v) is 5.17. The molecule has 5 amide bonds. The highest BCUT2D eigenvalue weighted by atomic mass is 35.5. The Labute approximate surface area is 266 Å². The molecule has 4 atom stereocenters. The van der Waals surface area contributed by atoms with E-state index in [1.54, 1.807) is 0 Å². The fraction of sp³-hybridized carbons (Fsp3) is 0.552. The minimum absolute atomic E-state index is 0.176. The number of piperidine rings is 1. The van der Waals surface area contributed by atoms with E-state index in [2.05, 4.69) is 21.3 Å². The third-order valence-electron chi connectivity index (χ3n) is 7.26. The van der Waals surface area contributed by atoms with Gasteiger partial charge < -0.3 is 42.7 Å². The number of aliphatic carboxylic acids is 1. The van der Waals surface area contributed by atoms with E-state index < -0.39 is 65.6 Å². The second-order valence-electron chi connectivity index (χ2n) is 10.8. The van der Waals surface area contributed by atoms with Crippen LogP contribution in [0.5, 0.6) is 0 Å². The number of primary amides is 1. The first-order valence-electron chi connectivity index (χ1n) is 14.8. The highest BCUT2D eigenvalue weighted by molar-refractivity contribution is 6.27. The monoisotopic (exact) mass is 650 g/mol. The van der Waals surface area contributed by atoms with Crippen molar-refractivity contribution in [2.45, 2.75) is 82.0 Å². The predicted octanol–water partition coefficient (Wildman–Crippen LogP) is -0.693. The molecule has 1 aromatic carbocycles. The van der Waals surface area contributed by atoms with Gasteiger partial charge in [-0.15, -0.1) is 11.6 Å². The molecule has 1 heterocycles. The Hall–Kier alpha value is -4.40. The number of alkyl halides is 1. The van der Waals surface area contributed by atoms with Gasteiger partial charge in [-0.1, -0.05) is 30.3 Å². The predicted molar refractivity (Wildman–Crippen MR) is 166 cm³/mol. The van der Waals surface area contributed by atoms with Crippen molar-refractivity contribution in [3.05, 3.63) is 35.9 Å². The summed E-state index contributed by atoms with van der Waals surface area (Å²) in [6, 6.07) is 5.37. The Kier molecular flexibility index (Phi) is 15.6. The third-order valence-corrected chi connectivity index (χ3v) is 7.50. The van der Waals surface area contributed by atoms with Gasteiger partial charge in [-0.3, -0.25) is 34.2 Å². The summed E-state index contributed by atoms with van der Waals surface area (Å²) in [5.41, 5.74) is 11.6. The number of nitrogens with two attached hydrogens (primary N) is 2. The normalized spacial score (nSPS) is 16.4. The van der Waals surface area contributed by atoms with Crippen molar-refractivity contribution in [1.29, 1.82) is 5.41 Å². The molecule has 1 aliphatic rings. The summed E-state index contributed by atoms with van der Waals surface area (Å²) in [7, 11) is 0. The number of amides is 5. The first-order valence-corrected chi connectivity index (χ1v) is 15.3. The summed E-state index contributed by atoms with van der Waals surface area (Å²) in [6.45, 7) is 0.533. The molecule has 1 aromatic rings. The van der Waals surface area contributed by atoms with Crippen molar-refractivity contribution in [2.24, 2.45) is 11.5 Å². The van der Waals surface area contributed by atoms with Crippen molar-refractivity contribution in [1.82, 2.24) is 26.2 Å². The van der Waals surface area contributed by atoms with Gasteiger partial charge in [-0.05, 0) is 50.5 Å². The number of hydrogen-bond acceptors (Lipinski definition) is 7. The van der Waals surface area contributed by atoms with Crippen LogP contribution in [0.25, 0.3) is 0 Å². The van der Waals surface area contributed by atoms with Crippen LogP contribution >= 0.6 is 11.6 Å². The van der Waals surface area contributed by atoms with Crippen LogP contribution in [-0.2, 0) is 35.2 Å². The summed E-state index contributed by atoms with van der Waals surface area (Å²) in [6.07, 6.45) is 1.73. The summed E-state index contributed by atoms with van der Waals surface area (Å²) in [4.78, 5) is 76.8. The van der Waals surface area contributed by atoms with Gasteiger partial charge >= 0.3 is 5.97 Å². The number of nitrogens with one attached hydrogen (secondary N) is 5. The molecule has 0 saturated carbocycles. The lowest BCUT2D eigenvalue weighted by molar-refractivity contribution is -0.146. The lowest BCUT2D eigenvalue weighted by atomic mass is 9.97. The average Bonchev–Trinajstić information content (AvgIpc) is 3.00. The van der Waals surface area contributed by atoms with Crippen LogP contribution in [-0.4, -0.2) is 94.6 Å². The molecule has 16 heteroatoms. The third kappa shape index (κ3) is 13.4. The number of halogens is 1. The summed E-state index contributed by atoms with van der Waals surface area (Å²) in [5.74, 6) is -4.77. The van der Waals surface area contributed by atoms with E-state index in [1.807, 2.05) is 30.3 Å². The lowest BCUT2D eigenvalue weighted by Gasteiger charge is -2.37. The molecular formula is C29H43ClN8O7. The number of carbonyl (C=O) groups is 6. The Morgan fingerprint density at radius 1 is 0.978 bits per heavy atom. The van der Waals surface area contributed by atoms with Crippen molar-refractivity contribution in [3.8, 4) is 0 Å². The Bertz CT molecular complexity index is 1200. The van der Waals surface area contributed by atoms with Crippen molar-refractivity contribution in [3.63, 3.8) is 0 Å². The van der Waals surface area contributed by atoms with Gasteiger partial charge in [0.05, 0.1) is 0 Å². The van der Waals surface area contributed by atoms with Crippen molar-refractivity contribution in [2.75, 3.05) is 19.0 Å². The van der Waals surface area contributed by atoms with E-state index >= 15 is 0 Å². The topological polar surface area (TPSA) is 250 Å². The minimum atomic E-state index is -1.18. The van der Waals surface area contributed by atoms with Crippen LogP contribution in [0.4, 0.5) is 0 Å². The molecule has 45 heavy (non-hydrogen) atoms. The second kappa shape index (κ2) is 19.1. The Balaban J connectivity index is 2.19. The van der Waals surface area contributed by atoms with Gasteiger partial charge in [0, 0.05) is 32.0 Å². The molecule has 10 N–H and O–H groups in total. The minimum Gasteiger partial charge on any atom is -0.481 e. The molecule has 248 valence electrons. The standard InChI is InChI=1S/C29H43ClN8O7/c30-17-24(40)37-21(11-12-25(41)42)28(45)38-14-5-4-10-22(38)27(44)35-19(15-18-7-2-1-3-8-18)16-23(39)36-20(26(31)43)9-6-13-34-29(32)33/h1-3,7-8,19-22H,4-6,9-17H2,(H2,31,43)(H,35,44)(H,36,39)(H,37,40)(H,41,42)(H4,32,33,34)/t19-,20-,21-,22-/m0/s1. The summed E-state index contributed by atoms with van der Waals surface area (Å²) >= 11 is 5.59. The number of hydrogen-bond donors (Lipinski definition) is 8. The zero-order valence-corrected chi connectivity index (χ0v) is 25.8. The molecular weight excluding hydrogens is 608 g/mol. The molecule has 0 bridgehead atoms. The smallest absolute Gasteiger partial charge is 0.303 e. The second-order valence-corrected chi connectivity index (χ2v) is 11.1. The SMILES string of the molecule is N=C(N)NCCC[C@H](NC(=O)C[C@H](Cc1ccccc1)NC(=O)[C@@H]1CCCCN1C(=O)[C@H](CCC(=O)O)NC(=O)CCl)C(N)=O. The fourth-order valence-electron chi connectivity index (χ4n) is 5.09. The number of benzene rings is 1. The zero-order valence-electron chi connectivity index (χ0n) is 25.1. The van der Waals surface area contributed by atoms with Crippen molar-refractivity contribution >= 4 is 53.1 Å². The van der Waals surface area contributed by atoms with Crippen LogP contribution in [0.2, 0.25) is 0 Å². The number of carboxylic acids is 1. The van der Waals surface area contributed by atoms with E-state index in [1.165, 1.54) is 4.90 Å². The van der Waals surface area contributed by atoms with Gasteiger partial charge in [-0.25, -0.2) is 0 Å². The Morgan fingerprint density at radius 2 is 1.67 bits per heavy atom. The largest absolute Gasteiger partial charge is 0.481 e. The molecule has 15 nitrogen and oxygen atoms in total. The number of likely N-dealkylation sites (tertiary alicyclic amines) is 1. The number of rotatable bonds is 18. The van der Waals surface area contributed by atoms with E-state index in [9.17, 15) is 28.8 Å². The van der Waals surface area contributed by atoms with Crippen LogP contribution in [0.15, 0.2) is 30.3 Å². The molecule has 1 fully saturated rings. The highest BCUT2D eigenvalue weighted by Gasteiger charge is 2.37. The highest BCUT2D eigenvalue weighted by Crippen LogP contribution is 2.20. The van der Waals surface area contributed by atoms with Gasteiger partial charge in [-0.2, -0.15) is 0 Å². The molecule has 0 aliphatic carbocycles. The molecule has 0 aromatic heterocycles. The summed E-state index contributed by atoms with van der Waals surface area (Å²) in [5, 5.41) is 26.9. The number of nitrogens with zero attached hydrogens (tertiary/aromatic N) is 1. The molecule has 0 unspecified atom stereocenters. The van der Waals surface area contributed by atoms with E-state index in [0.717, 1.165) is 5.56 Å². The maximum atomic E-state index is 13.7. The van der Waals surface area contributed by atoms with Crippen LogP contribution in [0, 0.1) is 5.41 Å². The van der Waals surface area contributed by atoms with E-state index in [0.29, 0.717) is 32.2 Å². The van der Waals surface area contributed by atoms with Crippen LogP contribution < -0.4 is 32.7 Å². The molecule has 1 aliphatic heterocycles. The average molecular weight is 651 g/mol. The molecule has 0 radical (unpaired) electrons. The van der Waals surface area contributed by atoms with E-state index in [4.69, 9.17) is 33.6 Å². The van der Waals surface area contributed by atoms with Crippen LogP contribution in [0.1, 0.15) is 56.9 Å². The van der Waals surface area contributed by atoms with Gasteiger partial charge in [0.1, 0.15) is 24.0 Å². The first kappa shape index (κ1) is 36.8. The molecule has 1 saturated heterocycles. The maximum absolute atomic E-state index is 13.7. The van der Waals surface area contributed by atoms with Crippen molar-refractivity contribution < 1.29 is 33.9 Å². The quantitative estimate of drug-likeness (QED) is 0.0432. The zero-order chi connectivity index (χ0) is 33.4. The van der Waals surface area contributed by atoms with Crippen LogP contribution in [0.3, 0.4) is 0 Å².